The van der Waals surface area contributed by atoms with Crippen LogP contribution in [0.1, 0.15) is 25.1 Å². The zero-order valence-corrected chi connectivity index (χ0v) is 11.0. The van der Waals surface area contributed by atoms with Crippen molar-refractivity contribution in [2.24, 2.45) is 5.92 Å². The molecule has 18 heavy (non-hydrogen) atoms. The number of hydrogen-bond acceptors (Lipinski definition) is 2. The fraction of sp³-hybridized carbons (Fsp3) is 0.533. The number of nitrogens with zero attached hydrogens (tertiary/aromatic N) is 2. The molecule has 0 bridgehead atoms. The van der Waals surface area contributed by atoms with E-state index in [9.17, 15) is 0 Å². The van der Waals surface area contributed by atoms with Gasteiger partial charge in [0, 0.05) is 6.54 Å². The van der Waals surface area contributed by atoms with Gasteiger partial charge in [-0.25, -0.2) is 4.98 Å². The van der Waals surface area contributed by atoms with Crippen LogP contribution in [0.15, 0.2) is 24.3 Å². The van der Waals surface area contributed by atoms with Crippen molar-refractivity contribution in [3.8, 4) is 0 Å². The molecule has 0 spiro atoms. The summed E-state index contributed by atoms with van der Waals surface area (Å²) in [6.45, 7) is 5.60. The Morgan fingerprint density at radius 1 is 1.28 bits per heavy atom. The summed E-state index contributed by atoms with van der Waals surface area (Å²) < 4.78 is 2.37. The van der Waals surface area contributed by atoms with Gasteiger partial charge < -0.3 is 9.88 Å². The molecule has 3 nitrogen and oxygen atoms in total. The van der Waals surface area contributed by atoms with E-state index in [4.69, 9.17) is 0 Å². The molecule has 1 fully saturated rings. The summed E-state index contributed by atoms with van der Waals surface area (Å²) in [5, 5.41) is 3.43. The van der Waals surface area contributed by atoms with E-state index < -0.39 is 0 Å². The van der Waals surface area contributed by atoms with Crippen LogP contribution in [0.4, 0.5) is 0 Å². The second-order valence-electron chi connectivity index (χ2n) is 5.28. The molecular formula is C15H21N3. The summed E-state index contributed by atoms with van der Waals surface area (Å²) >= 11 is 0. The number of benzene rings is 1. The maximum Gasteiger partial charge on any atom is 0.106 e. The molecule has 1 aliphatic heterocycles. The van der Waals surface area contributed by atoms with E-state index in [2.05, 4.69) is 46.1 Å². The molecule has 1 aromatic heterocycles. The summed E-state index contributed by atoms with van der Waals surface area (Å²) in [5.74, 6) is 2.02. The van der Waals surface area contributed by atoms with Crippen molar-refractivity contribution in [3.05, 3.63) is 30.1 Å². The fourth-order valence-electron chi connectivity index (χ4n) is 2.96. The number of nitrogens with one attached hydrogen (secondary N) is 1. The van der Waals surface area contributed by atoms with Gasteiger partial charge in [0.25, 0.3) is 0 Å². The largest absolute Gasteiger partial charge is 0.328 e. The van der Waals surface area contributed by atoms with E-state index in [1.54, 1.807) is 0 Å². The number of piperidine rings is 1. The molecule has 0 unspecified atom stereocenters. The Hall–Kier alpha value is -1.35. The van der Waals surface area contributed by atoms with Crippen molar-refractivity contribution in [2.75, 3.05) is 13.1 Å². The lowest BCUT2D eigenvalue weighted by Gasteiger charge is -2.22. The number of imidazole rings is 1. The van der Waals surface area contributed by atoms with Gasteiger partial charge in [-0.1, -0.05) is 12.1 Å². The quantitative estimate of drug-likeness (QED) is 0.898. The Bertz CT molecular complexity index is 524. The second kappa shape index (κ2) is 5.11. The fourth-order valence-corrected chi connectivity index (χ4v) is 2.96. The summed E-state index contributed by atoms with van der Waals surface area (Å²) in [7, 11) is 0. The molecule has 0 radical (unpaired) electrons. The maximum atomic E-state index is 4.63. The summed E-state index contributed by atoms with van der Waals surface area (Å²) in [4.78, 5) is 4.63. The van der Waals surface area contributed by atoms with Crippen LogP contribution in [0, 0.1) is 12.8 Å². The first-order chi connectivity index (χ1) is 8.84. The van der Waals surface area contributed by atoms with Crippen LogP contribution in [0.25, 0.3) is 11.0 Å². The Kier molecular flexibility index (Phi) is 3.33. The molecule has 0 aliphatic carbocycles. The normalized spacial score (nSPS) is 17.4. The summed E-state index contributed by atoms with van der Waals surface area (Å²) in [6.07, 6.45) is 3.93. The van der Waals surface area contributed by atoms with Gasteiger partial charge in [0.1, 0.15) is 5.82 Å². The van der Waals surface area contributed by atoms with Crippen molar-refractivity contribution >= 4 is 11.0 Å². The molecule has 1 N–H and O–H groups in total. The highest BCUT2D eigenvalue weighted by Gasteiger charge is 2.14. The number of fused-ring (bicyclic) bond motifs is 1. The van der Waals surface area contributed by atoms with Crippen molar-refractivity contribution < 1.29 is 0 Å². The summed E-state index contributed by atoms with van der Waals surface area (Å²) in [5.41, 5.74) is 2.41. The van der Waals surface area contributed by atoms with Crippen LogP contribution in [-0.4, -0.2) is 22.6 Å². The van der Waals surface area contributed by atoms with E-state index >= 15 is 0 Å². The molecule has 1 aliphatic rings. The van der Waals surface area contributed by atoms with Crippen LogP contribution < -0.4 is 5.32 Å². The Balaban J connectivity index is 1.75. The highest BCUT2D eigenvalue weighted by atomic mass is 15.1. The predicted molar refractivity (Wildman–Crippen MR) is 74.7 cm³/mol. The first kappa shape index (κ1) is 11.7. The lowest BCUT2D eigenvalue weighted by atomic mass is 9.95. The van der Waals surface area contributed by atoms with Gasteiger partial charge in [0.05, 0.1) is 11.0 Å². The van der Waals surface area contributed by atoms with Crippen molar-refractivity contribution in [1.82, 2.24) is 14.9 Å². The van der Waals surface area contributed by atoms with Crippen LogP contribution in [0.5, 0.6) is 0 Å². The standard InChI is InChI=1S/C15H21N3/c1-12-17-14-4-2-3-5-15(14)18(12)11-8-13-6-9-16-10-7-13/h2-5,13,16H,6-11H2,1H3. The van der Waals surface area contributed by atoms with Gasteiger partial charge in [-0.2, -0.15) is 0 Å². The molecule has 0 atom stereocenters. The minimum atomic E-state index is 0.881. The summed E-state index contributed by atoms with van der Waals surface area (Å²) in [6, 6.07) is 8.44. The predicted octanol–water partition coefficient (Wildman–Crippen LogP) is 2.73. The maximum absolute atomic E-state index is 4.63. The highest BCUT2D eigenvalue weighted by Crippen LogP contribution is 2.20. The van der Waals surface area contributed by atoms with Crippen LogP contribution in [0.3, 0.4) is 0 Å². The van der Waals surface area contributed by atoms with Crippen LogP contribution in [0.2, 0.25) is 0 Å². The molecular weight excluding hydrogens is 222 g/mol. The molecule has 3 heteroatoms. The number of aryl methyl sites for hydroxylation is 2. The number of para-hydroxylation sites is 2. The van der Waals surface area contributed by atoms with Crippen molar-refractivity contribution in [3.63, 3.8) is 0 Å². The van der Waals surface area contributed by atoms with Gasteiger partial charge in [-0.3, -0.25) is 0 Å². The van der Waals surface area contributed by atoms with E-state index in [0.29, 0.717) is 0 Å². The lowest BCUT2D eigenvalue weighted by molar-refractivity contribution is 0.338. The first-order valence-corrected chi connectivity index (χ1v) is 6.97. The van der Waals surface area contributed by atoms with Gasteiger partial charge in [-0.05, 0) is 57.3 Å². The molecule has 1 saturated heterocycles. The Labute approximate surface area is 108 Å². The molecule has 0 saturated carbocycles. The zero-order chi connectivity index (χ0) is 12.4. The lowest BCUT2D eigenvalue weighted by Crippen LogP contribution is -2.28. The molecule has 1 aromatic carbocycles. The van der Waals surface area contributed by atoms with E-state index in [0.717, 1.165) is 23.8 Å². The van der Waals surface area contributed by atoms with Crippen molar-refractivity contribution in [1.29, 1.82) is 0 Å². The molecule has 0 amide bonds. The third kappa shape index (κ3) is 2.27. The SMILES string of the molecule is Cc1nc2ccccc2n1CCC1CCNCC1. The monoisotopic (exact) mass is 243 g/mol. The minimum Gasteiger partial charge on any atom is -0.328 e. The third-order valence-electron chi connectivity index (χ3n) is 4.07. The van der Waals surface area contributed by atoms with Crippen LogP contribution >= 0.6 is 0 Å². The van der Waals surface area contributed by atoms with Crippen LogP contribution in [-0.2, 0) is 6.54 Å². The topological polar surface area (TPSA) is 29.9 Å². The molecule has 96 valence electrons. The second-order valence-corrected chi connectivity index (χ2v) is 5.28. The average Bonchev–Trinajstić information content (AvgIpc) is 2.73. The molecule has 2 heterocycles. The van der Waals surface area contributed by atoms with Gasteiger partial charge in [-0.15, -0.1) is 0 Å². The number of aromatic nitrogens is 2. The smallest absolute Gasteiger partial charge is 0.106 e. The first-order valence-electron chi connectivity index (χ1n) is 6.97. The Morgan fingerprint density at radius 2 is 2.06 bits per heavy atom. The van der Waals surface area contributed by atoms with Gasteiger partial charge >= 0.3 is 0 Å². The average molecular weight is 243 g/mol. The zero-order valence-electron chi connectivity index (χ0n) is 11.0. The number of hydrogen-bond donors (Lipinski definition) is 1. The third-order valence-corrected chi connectivity index (χ3v) is 4.07. The Morgan fingerprint density at radius 3 is 2.89 bits per heavy atom. The van der Waals surface area contributed by atoms with Crippen molar-refractivity contribution in [2.45, 2.75) is 32.7 Å². The van der Waals surface area contributed by atoms with Gasteiger partial charge in [0.2, 0.25) is 0 Å². The minimum absolute atomic E-state index is 0.881. The van der Waals surface area contributed by atoms with E-state index in [1.165, 1.54) is 37.9 Å². The van der Waals surface area contributed by atoms with Gasteiger partial charge in [0.15, 0.2) is 0 Å². The highest BCUT2D eigenvalue weighted by molar-refractivity contribution is 5.75. The molecule has 3 rings (SSSR count). The number of rotatable bonds is 3. The van der Waals surface area contributed by atoms with E-state index in [1.807, 2.05) is 0 Å². The van der Waals surface area contributed by atoms with E-state index in [-0.39, 0.29) is 0 Å². The molecule has 2 aromatic rings.